The Kier molecular flexibility index (Phi) is 4.43. The molecule has 0 bridgehead atoms. The first-order valence-corrected chi connectivity index (χ1v) is 8.36. The van der Waals surface area contributed by atoms with Gasteiger partial charge < -0.3 is 15.1 Å². The maximum absolute atomic E-state index is 6.47. The highest BCUT2D eigenvalue weighted by Crippen LogP contribution is 2.33. The van der Waals surface area contributed by atoms with Gasteiger partial charge in [-0.1, -0.05) is 24.6 Å². The van der Waals surface area contributed by atoms with Crippen LogP contribution in [0.4, 0.5) is 5.69 Å². The van der Waals surface area contributed by atoms with Gasteiger partial charge in [-0.3, -0.25) is 0 Å². The van der Waals surface area contributed by atoms with Gasteiger partial charge in [0.25, 0.3) is 0 Å². The Bertz CT molecular complexity index is 499. The number of nitrogens with zero attached hydrogens (tertiary/aromatic N) is 2. The van der Waals surface area contributed by atoms with E-state index in [9.17, 15) is 0 Å². The van der Waals surface area contributed by atoms with E-state index in [1.54, 1.807) is 0 Å². The van der Waals surface area contributed by atoms with Crippen molar-refractivity contribution in [3.8, 4) is 0 Å². The Balaban J connectivity index is 1.79. The summed E-state index contributed by atoms with van der Waals surface area (Å²) in [4.78, 5) is 4.85. The molecule has 116 valence electrons. The van der Waals surface area contributed by atoms with Crippen LogP contribution in [0.15, 0.2) is 18.2 Å². The summed E-state index contributed by atoms with van der Waals surface area (Å²) in [6.07, 6.45) is 2.62. The van der Waals surface area contributed by atoms with E-state index in [0.717, 1.165) is 24.7 Å². The molecule has 1 aromatic rings. The van der Waals surface area contributed by atoms with Crippen LogP contribution in [0.1, 0.15) is 25.3 Å². The zero-order valence-electron chi connectivity index (χ0n) is 13.3. The van der Waals surface area contributed by atoms with Crippen molar-refractivity contribution in [2.45, 2.75) is 38.4 Å². The van der Waals surface area contributed by atoms with E-state index in [0.29, 0.717) is 18.0 Å². The van der Waals surface area contributed by atoms with Gasteiger partial charge in [-0.2, -0.15) is 0 Å². The average molecular weight is 308 g/mol. The fraction of sp³-hybridized carbons (Fsp3) is 0.647. The van der Waals surface area contributed by atoms with Gasteiger partial charge in [-0.25, -0.2) is 0 Å². The highest BCUT2D eigenvalue weighted by atomic mass is 35.5. The number of hydrogen-bond donors (Lipinski definition) is 1. The zero-order chi connectivity index (χ0) is 15.0. The van der Waals surface area contributed by atoms with E-state index in [2.05, 4.69) is 48.3 Å². The fourth-order valence-electron chi connectivity index (χ4n) is 3.37. The molecule has 0 amide bonds. The van der Waals surface area contributed by atoms with Crippen LogP contribution in [0.5, 0.6) is 0 Å². The quantitative estimate of drug-likeness (QED) is 0.902. The maximum atomic E-state index is 6.47. The van der Waals surface area contributed by atoms with E-state index in [-0.39, 0.29) is 0 Å². The summed E-state index contributed by atoms with van der Waals surface area (Å²) in [5, 5.41) is 4.49. The smallest absolute Gasteiger partial charge is 0.0471 e. The Hall–Kier alpha value is -0.770. The van der Waals surface area contributed by atoms with Crippen LogP contribution in [0.25, 0.3) is 0 Å². The van der Waals surface area contributed by atoms with Crippen LogP contribution in [0.3, 0.4) is 0 Å². The molecule has 2 fully saturated rings. The van der Waals surface area contributed by atoms with Crippen LogP contribution >= 0.6 is 11.6 Å². The summed E-state index contributed by atoms with van der Waals surface area (Å²) in [7, 11) is 4.36. The van der Waals surface area contributed by atoms with Crippen molar-refractivity contribution >= 4 is 17.3 Å². The molecule has 21 heavy (non-hydrogen) atoms. The number of likely N-dealkylation sites (N-methyl/N-ethyl adjacent to an activating group) is 1. The molecule has 1 aliphatic carbocycles. The second kappa shape index (κ2) is 6.15. The van der Waals surface area contributed by atoms with E-state index in [1.807, 2.05) is 6.07 Å². The standard InChI is InChI=1S/C17H26ClN3/c1-12-10-21(11-17(12)20(2)3)16-6-4-5-15(18)14(16)9-19-13-7-8-13/h4-6,12-13,17,19H,7-11H2,1-3H3. The van der Waals surface area contributed by atoms with Crippen molar-refractivity contribution in [2.75, 3.05) is 32.1 Å². The maximum Gasteiger partial charge on any atom is 0.0471 e. The van der Waals surface area contributed by atoms with E-state index < -0.39 is 0 Å². The molecule has 3 nitrogen and oxygen atoms in total. The van der Waals surface area contributed by atoms with Gasteiger partial charge in [-0.05, 0) is 45.0 Å². The van der Waals surface area contributed by atoms with Crippen LogP contribution < -0.4 is 10.2 Å². The van der Waals surface area contributed by atoms with Crippen molar-refractivity contribution < 1.29 is 0 Å². The number of rotatable bonds is 5. The summed E-state index contributed by atoms with van der Waals surface area (Å²) >= 11 is 6.47. The third kappa shape index (κ3) is 3.36. The van der Waals surface area contributed by atoms with E-state index in [4.69, 9.17) is 11.6 Å². The van der Waals surface area contributed by atoms with Gasteiger partial charge in [0, 0.05) is 48.0 Å². The number of benzene rings is 1. The monoisotopic (exact) mass is 307 g/mol. The average Bonchev–Trinajstić information content (AvgIpc) is 3.18. The van der Waals surface area contributed by atoms with Crippen LogP contribution in [0.2, 0.25) is 5.02 Å². The number of anilines is 1. The summed E-state index contributed by atoms with van der Waals surface area (Å²) in [5.41, 5.74) is 2.57. The van der Waals surface area contributed by atoms with Gasteiger partial charge in [0.05, 0.1) is 0 Å². The lowest BCUT2D eigenvalue weighted by molar-refractivity contribution is 0.266. The molecular formula is C17H26ClN3. The van der Waals surface area contributed by atoms with Crippen molar-refractivity contribution in [2.24, 2.45) is 5.92 Å². The zero-order valence-corrected chi connectivity index (χ0v) is 14.0. The summed E-state index contributed by atoms with van der Waals surface area (Å²) < 4.78 is 0. The Morgan fingerprint density at radius 1 is 1.29 bits per heavy atom. The topological polar surface area (TPSA) is 18.5 Å². The lowest BCUT2D eigenvalue weighted by Crippen LogP contribution is -2.34. The fourth-order valence-corrected chi connectivity index (χ4v) is 3.61. The molecule has 1 aliphatic heterocycles. The van der Waals surface area contributed by atoms with Crippen LogP contribution in [-0.4, -0.2) is 44.2 Å². The van der Waals surface area contributed by atoms with Gasteiger partial charge in [-0.15, -0.1) is 0 Å². The van der Waals surface area contributed by atoms with Crippen LogP contribution in [-0.2, 0) is 6.54 Å². The number of hydrogen-bond acceptors (Lipinski definition) is 3. The van der Waals surface area contributed by atoms with E-state index >= 15 is 0 Å². The van der Waals surface area contributed by atoms with Gasteiger partial charge in [0.15, 0.2) is 0 Å². The largest absolute Gasteiger partial charge is 0.369 e. The lowest BCUT2D eigenvalue weighted by Gasteiger charge is -2.25. The SMILES string of the molecule is CC1CN(c2cccc(Cl)c2CNC2CC2)CC1N(C)C. The van der Waals surface area contributed by atoms with Gasteiger partial charge >= 0.3 is 0 Å². The van der Waals surface area contributed by atoms with Gasteiger partial charge in [0.1, 0.15) is 0 Å². The second-order valence-corrected chi connectivity index (χ2v) is 7.21. The molecule has 1 aromatic carbocycles. The molecule has 1 heterocycles. The molecule has 0 radical (unpaired) electrons. The van der Waals surface area contributed by atoms with E-state index in [1.165, 1.54) is 24.1 Å². The minimum Gasteiger partial charge on any atom is -0.369 e. The molecule has 2 atom stereocenters. The first kappa shape index (κ1) is 15.1. The summed E-state index contributed by atoms with van der Waals surface area (Å²) in [6.45, 7) is 5.43. The highest BCUT2D eigenvalue weighted by molar-refractivity contribution is 6.31. The van der Waals surface area contributed by atoms with Crippen molar-refractivity contribution in [1.29, 1.82) is 0 Å². The molecule has 0 spiro atoms. The first-order chi connectivity index (χ1) is 10.1. The highest BCUT2D eigenvalue weighted by Gasteiger charge is 2.32. The van der Waals surface area contributed by atoms with Crippen molar-refractivity contribution in [1.82, 2.24) is 10.2 Å². The van der Waals surface area contributed by atoms with Crippen LogP contribution in [0, 0.1) is 5.92 Å². The predicted molar refractivity (Wildman–Crippen MR) is 90.2 cm³/mol. The second-order valence-electron chi connectivity index (χ2n) is 6.81. The lowest BCUT2D eigenvalue weighted by atomic mass is 10.1. The molecule has 2 unspecified atom stereocenters. The van der Waals surface area contributed by atoms with Gasteiger partial charge in [0.2, 0.25) is 0 Å². The number of halogens is 1. The summed E-state index contributed by atoms with van der Waals surface area (Å²) in [6, 6.07) is 7.64. The first-order valence-electron chi connectivity index (χ1n) is 7.98. The molecule has 4 heteroatoms. The molecule has 1 N–H and O–H groups in total. The Morgan fingerprint density at radius 3 is 2.67 bits per heavy atom. The Labute approximate surface area is 133 Å². The van der Waals surface area contributed by atoms with Crippen molar-refractivity contribution in [3.05, 3.63) is 28.8 Å². The minimum atomic E-state index is 0.619. The molecule has 1 saturated heterocycles. The third-order valence-corrected chi connectivity index (χ3v) is 5.17. The molecule has 1 saturated carbocycles. The summed E-state index contributed by atoms with van der Waals surface area (Å²) in [5.74, 6) is 0.684. The normalized spacial score (nSPS) is 25.9. The molecule has 3 rings (SSSR count). The number of nitrogens with one attached hydrogen (secondary N) is 1. The molecule has 2 aliphatic rings. The predicted octanol–water partition coefficient (Wildman–Crippen LogP) is 2.98. The minimum absolute atomic E-state index is 0.619. The van der Waals surface area contributed by atoms with Crippen molar-refractivity contribution in [3.63, 3.8) is 0 Å². The third-order valence-electron chi connectivity index (χ3n) is 4.82. The molecular weight excluding hydrogens is 282 g/mol. The Morgan fingerprint density at radius 2 is 2.05 bits per heavy atom. The molecule has 0 aromatic heterocycles.